The normalized spacial score (nSPS) is 27.0. The van der Waals surface area contributed by atoms with E-state index in [4.69, 9.17) is 10.5 Å². The molecule has 4 atom stereocenters. The molecule has 3 rings (SSSR count). The lowest BCUT2D eigenvalue weighted by Crippen LogP contribution is -2.33. The summed E-state index contributed by atoms with van der Waals surface area (Å²) in [6.45, 7) is 2.24. The fourth-order valence-electron chi connectivity index (χ4n) is 2.66. The van der Waals surface area contributed by atoms with Gasteiger partial charge in [0, 0.05) is 29.1 Å². The van der Waals surface area contributed by atoms with Gasteiger partial charge >= 0.3 is 0 Å². The summed E-state index contributed by atoms with van der Waals surface area (Å²) in [5.74, 6) is 0.624. The van der Waals surface area contributed by atoms with Crippen molar-refractivity contribution >= 4 is 45.5 Å². The predicted octanol–water partition coefficient (Wildman–Crippen LogP) is -0.554. The number of aliphatic hydroxyl groups excluding tert-OH is 3. The summed E-state index contributed by atoms with van der Waals surface area (Å²) in [7, 11) is 0. The van der Waals surface area contributed by atoms with Crippen molar-refractivity contribution < 1.29 is 20.1 Å². The molecule has 2 aromatic heterocycles. The second-order valence-corrected chi connectivity index (χ2v) is 6.48. The van der Waals surface area contributed by atoms with Gasteiger partial charge in [0.1, 0.15) is 18.3 Å². The molecule has 0 aliphatic carbocycles. The highest BCUT2D eigenvalue weighted by atomic mass is 127. The first-order chi connectivity index (χ1) is 11.5. The number of halogens is 1. The lowest BCUT2D eigenvalue weighted by molar-refractivity contribution is -0.0501. The van der Waals surface area contributed by atoms with Crippen LogP contribution in [0.15, 0.2) is 0 Å². The number of aromatic nitrogens is 4. The Labute approximate surface area is 151 Å². The van der Waals surface area contributed by atoms with E-state index in [1.165, 1.54) is 0 Å². The summed E-state index contributed by atoms with van der Waals surface area (Å²) in [6.07, 6.45) is -3.44. The molecule has 1 aliphatic heterocycles. The Morgan fingerprint density at radius 1 is 1.29 bits per heavy atom. The minimum Gasteiger partial charge on any atom is -0.394 e. The summed E-state index contributed by atoms with van der Waals surface area (Å²) in [5.41, 5.74) is 6.70. The molecule has 0 aromatic carbocycles. The highest BCUT2D eigenvalue weighted by molar-refractivity contribution is 14.1. The average Bonchev–Trinajstić information content (AvgIpc) is 3.04. The number of hydrogen-bond donors (Lipinski definition) is 5. The van der Waals surface area contributed by atoms with Gasteiger partial charge < -0.3 is 31.1 Å². The van der Waals surface area contributed by atoms with E-state index in [9.17, 15) is 15.3 Å². The van der Waals surface area contributed by atoms with Gasteiger partial charge in [-0.2, -0.15) is 0 Å². The first kappa shape index (κ1) is 17.5. The number of nitrogen functional groups attached to an aromatic ring is 1. The highest BCUT2D eigenvalue weighted by Crippen LogP contribution is 2.35. The van der Waals surface area contributed by atoms with E-state index in [1.54, 1.807) is 4.57 Å². The zero-order chi connectivity index (χ0) is 17.4. The van der Waals surface area contributed by atoms with Gasteiger partial charge in [-0.3, -0.25) is 4.57 Å². The molecule has 2 aromatic rings. The topological polar surface area (TPSA) is 152 Å². The number of nitrogens with one attached hydrogen (secondary N) is 1. The Bertz CT molecular complexity index is 741. The van der Waals surface area contributed by atoms with Crippen LogP contribution in [0.2, 0.25) is 0 Å². The van der Waals surface area contributed by atoms with Crippen LogP contribution in [0.25, 0.3) is 11.2 Å². The maximum Gasteiger partial charge on any atom is 0.207 e. The number of nitrogens with two attached hydrogens (primary N) is 1. The molecule has 3 heterocycles. The molecular weight excluding hydrogens is 431 g/mol. The van der Waals surface area contributed by atoms with Gasteiger partial charge in [-0.15, -0.1) is 0 Å². The molecule has 24 heavy (non-hydrogen) atoms. The number of anilines is 2. The summed E-state index contributed by atoms with van der Waals surface area (Å²) in [4.78, 5) is 12.8. The third-order valence-electron chi connectivity index (χ3n) is 3.84. The van der Waals surface area contributed by atoms with Crippen LogP contribution in [0.5, 0.6) is 0 Å². The highest BCUT2D eigenvalue weighted by Gasteiger charge is 2.45. The lowest BCUT2D eigenvalue weighted by Gasteiger charge is -2.19. The molecular formula is C13H19IN6O4. The number of aliphatic hydroxyl groups is 3. The number of imidazole rings is 1. The summed E-state index contributed by atoms with van der Waals surface area (Å²) >= 11 is 1.94. The van der Waals surface area contributed by atoms with E-state index in [2.05, 4.69) is 20.3 Å². The van der Waals surface area contributed by atoms with E-state index in [0.717, 1.165) is 6.42 Å². The van der Waals surface area contributed by atoms with Gasteiger partial charge in [-0.25, -0.2) is 15.0 Å². The molecule has 132 valence electrons. The Morgan fingerprint density at radius 2 is 2.04 bits per heavy atom. The minimum absolute atomic E-state index is 0.217. The Balaban J connectivity index is 2.14. The monoisotopic (exact) mass is 450 g/mol. The largest absolute Gasteiger partial charge is 0.394 e. The smallest absolute Gasteiger partial charge is 0.207 e. The van der Waals surface area contributed by atoms with Crippen LogP contribution in [0.3, 0.4) is 0 Å². The summed E-state index contributed by atoms with van der Waals surface area (Å²) in [5, 5.41) is 32.8. The maximum absolute atomic E-state index is 10.3. The molecule has 0 bridgehead atoms. The van der Waals surface area contributed by atoms with Crippen LogP contribution in [-0.2, 0) is 4.74 Å². The Morgan fingerprint density at radius 3 is 2.67 bits per heavy atom. The maximum atomic E-state index is 10.3. The first-order valence-corrected chi connectivity index (χ1v) is 8.63. The third kappa shape index (κ3) is 2.90. The van der Waals surface area contributed by atoms with Crippen LogP contribution in [-0.4, -0.2) is 66.3 Å². The fraction of sp³-hybridized carbons (Fsp3) is 0.615. The van der Waals surface area contributed by atoms with Crippen molar-refractivity contribution in [3.8, 4) is 0 Å². The summed E-state index contributed by atoms with van der Waals surface area (Å²) < 4.78 is 7.59. The number of fused-ring (bicyclic) bond motifs is 1. The van der Waals surface area contributed by atoms with Crippen molar-refractivity contribution in [3.63, 3.8) is 0 Å². The SMILES string of the molecule is CCCNc1nc2c(N)nc(I)nc2n1C1OC(CO)C(O)C1O. The van der Waals surface area contributed by atoms with Crippen molar-refractivity contribution in [2.45, 2.75) is 37.9 Å². The molecule has 11 heteroatoms. The number of nitrogens with zero attached hydrogens (tertiary/aromatic N) is 4. The molecule has 10 nitrogen and oxygen atoms in total. The molecule has 4 unspecified atom stereocenters. The van der Waals surface area contributed by atoms with Crippen molar-refractivity contribution in [1.29, 1.82) is 0 Å². The van der Waals surface area contributed by atoms with Crippen molar-refractivity contribution in [1.82, 2.24) is 19.5 Å². The zero-order valence-electron chi connectivity index (χ0n) is 12.9. The molecule has 0 radical (unpaired) electrons. The van der Waals surface area contributed by atoms with Gasteiger partial charge in [0.15, 0.2) is 27.0 Å². The second kappa shape index (κ2) is 6.92. The molecule has 1 aliphatic rings. The van der Waals surface area contributed by atoms with E-state index in [1.807, 2.05) is 29.5 Å². The zero-order valence-corrected chi connectivity index (χ0v) is 15.1. The standard InChI is InChI=1S/C13H19IN6O4/c1-2-3-16-13-17-6-9(15)18-12(14)19-10(6)20(13)11-8(23)7(22)5(4-21)24-11/h5,7-8,11,21-23H,2-4H2,1H3,(H,16,17)(H2,15,18,19). The number of rotatable bonds is 5. The van der Waals surface area contributed by atoms with Gasteiger partial charge in [0.25, 0.3) is 0 Å². The van der Waals surface area contributed by atoms with Crippen molar-refractivity contribution in [3.05, 3.63) is 3.83 Å². The van der Waals surface area contributed by atoms with E-state index in [-0.39, 0.29) is 5.82 Å². The molecule has 0 saturated carbocycles. The van der Waals surface area contributed by atoms with Crippen molar-refractivity contribution in [2.24, 2.45) is 0 Å². The Hall–Kier alpha value is -1.28. The average molecular weight is 450 g/mol. The van der Waals surface area contributed by atoms with E-state index < -0.39 is 31.1 Å². The Kier molecular flexibility index (Phi) is 5.05. The van der Waals surface area contributed by atoms with Crippen LogP contribution in [0, 0.1) is 3.83 Å². The van der Waals surface area contributed by atoms with Gasteiger partial charge in [-0.05, 0) is 6.42 Å². The van der Waals surface area contributed by atoms with Gasteiger partial charge in [0.05, 0.1) is 6.61 Å². The predicted molar refractivity (Wildman–Crippen MR) is 94.2 cm³/mol. The van der Waals surface area contributed by atoms with Crippen LogP contribution in [0.4, 0.5) is 11.8 Å². The molecule has 1 saturated heterocycles. The van der Waals surface area contributed by atoms with Crippen LogP contribution < -0.4 is 11.1 Å². The third-order valence-corrected chi connectivity index (χ3v) is 4.33. The van der Waals surface area contributed by atoms with Crippen LogP contribution in [0.1, 0.15) is 19.6 Å². The molecule has 0 amide bonds. The second-order valence-electron chi connectivity index (χ2n) is 5.51. The van der Waals surface area contributed by atoms with Crippen LogP contribution >= 0.6 is 22.6 Å². The quantitative estimate of drug-likeness (QED) is 0.298. The minimum atomic E-state index is -1.24. The molecule has 0 spiro atoms. The fourth-order valence-corrected chi connectivity index (χ4v) is 3.15. The molecule has 1 fully saturated rings. The van der Waals surface area contributed by atoms with E-state index in [0.29, 0.717) is 27.5 Å². The van der Waals surface area contributed by atoms with Crippen molar-refractivity contribution in [2.75, 3.05) is 24.2 Å². The van der Waals surface area contributed by atoms with Gasteiger partial charge in [0.2, 0.25) is 5.95 Å². The number of hydrogen-bond acceptors (Lipinski definition) is 9. The first-order valence-electron chi connectivity index (χ1n) is 7.55. The molecule has 6 N–H and O–H groups in total. The summed E-state index contributed by atoms with van der Waals surface area (Å²) in [6, 6.07) is 0. The van der Waals surface area contributed by atoms with Gasteiger partial charge in [-0.1, -0.05) is 6.92 Å². The number of ether oxygens (including phenoxy) is 1. The lowest BCUT2D eigenvalue weighted by atomic mass is 10.1. The van der Waals surface area contributed by atoms with E-state index >= 15 is 0 Å².